The quantitative estimate of drug-likeness (QED) is 0.705. The number of nitrogens with one attached hydrogen (secondary N) is 2. The molecule has 0 radical (unpaired) electrons. The van der Waals surface area contributed by atoms with Crippen LogP contribution in [0.2, 0.25) is 5.02 Å². The van der Waals surface area contributed by atoms with Crippen molar-refractivity contribution in [1.82, 2.24) is 5.32 Å². The lowest BCUT2D eigenvalue weighted by atomic mass is 10.3. The molecule has 5 nitrogen and oxygen atoms in total. The summed E-state index contributed by atoms with van der Waals surface area (Å²) in [6.07, 6.45) is 0. The Hall–Kier alpha value is -2.18. The summed E-state index contributed by atoms with van der Waals surface area (Å²) < 4.78 is 16.0. The molecule has 0 fully saturated rings. The zero-order valence-electron chi connectivity index (χ0n) is 14.3. The van der Waals surface area contributed by atoms with E-state index in [2.05, 4.69) is 10.6 Å². The van der Waals surface area contributed by atoms with Gasteiger partial charge in [0.1, 0.15) is 23.9 Å². The first-order valence-corrected chi connectivity index (χ1v) is 8.48. The molecule has 0 unspecified atom stereocenters. The molecule has 0 aliphatic heterocycles. The molecule has 1 atom stereocenters. The minimum atomic E-state index is 0.0239. The van der Waals surface area contributed by atoms with E-state index in [1.165, 1.54) is 0 Å². The fourth-order valence-corrected chi connectivity index (χ4v) is 2.65. The summed E-state index contributed by atoms with van der Waals surface area (Å²) in [7, 11) is 3.21. The molecule has 0 aromatic heterocycles. The third-order valence-electron chi connectivity index (χ3n) is 3.35. The van der Waals surface area contributed by atoms with Crippen LogP contribution in [0.5, 0.6) is 17.2 Å². The van der Waals surface area contributed by atoms with Crippen molar-refractivity contribution in [3.05, 3.63) is 47.5 Å². The van der Waals surface area contributed by atoms with E-state index in [0.717, 1.165) is 17.2 Å². The van der Waals surface area contributed by atoms with E-state index in [4.69, 9.17) is 38.0 Å². The van der Waals surface area contributed by atoms with Crippen molar-refractivity contribution < 1.29 is 14.2 Å². The molecule has 2 rings (SSSR count). The second-order valence-electron chi connectivity index (χ2n) is 5.34. The van der Waals surface area contributed by atoms with Gasteiger partial charge in [0, 0.05) is 5.69 Å². The van der Waals surface area contributed by atoms with E-state index in [1.54, 1.807) is 26.4 Å². The molecule has 2 aromatic carbocycles. The lowest BCUT2D eigenvalue weighted by Crippen LogP contribution is -2.39. The normalized spacial score (nSPS) is 11.4. The Morgan fingerprint density at radius 3 is 2.36 bits per heavy atom. The lowest BCUT2D eigenvalue weighted by molar-refractivity contribution is 0.286. The third-order valence-corrected chi connectivity index (χ3v) is 3.86. The molecular formula is C18H21ClN2O3S. The van der Waals surface area contributed by atoms with E-state index in [9.17, 15) is 0 Å². The molecule has 0 spiro atoms. The van der Waals surface area contributed by atoms with E-state index >= 15 is 0 Å². The topological polar surface area (TPSA) is 51.8 Å². The molecule has 0 aliphatic carbocycles. The van der Waals surface area contributed by atoms with Crippen molar-refractivity contribution in [2.75, 3.05) is 26.1 Å². The maximum absolute atomic E-state index is 6.10. The highest BCUT2D eigenvalue weighted by Gasteiger charge is 2.07. The monoisotopic (exact) mass is 380 g/mol. The smallest absolute Gasteiger partial charge is 0.171 e. The zero-order chi connectivity index (χ0) is 18.2. The van der Waals surface area contributed by atoms with Gasteiger partial charge in [-0.1, -0.05) is 11.6 Å². The van der Waals surface area contributed by atoms with Crippen LogP contribution >= 0.6 is 23.8 Å². The summed E-state index contributed by atoms with van der Waals surface area (Å²) in [6.45, 7) is 2.45. The number of thiocarbonyl (C=S) groups is 1. The SMILES string of the molecule is COc1ccc(OC[C@H](C)NC(=S)Nc2ccc(OC)c(Cl)c2)cc1. The van der Waals surface area contributed by atoms with E-state index in [-0.39, 0.29) is 6.04 Å². The fraction of sp³-hybridized carbons (Fsp3) is 0.278. The van der Waals surface area contributed by atoms with Crippen molar-refractivity contribution in [3.8, 4) is 17.2 Å². The Morgan fingerprint density at radius 1 is 1.08 bits per heavy atom. The highest BCUT2D eigenvalue weighted by Crippen LogP contribution is 2.27. The van der Waals surface area contributed by atoms with Gasteiger partial charge in [-0.3, -0.25) is 0 Å². The van der Waals surface area contributed by atoms with E-state index in [0.29, 0.717) is 22.5 Å². The summed E-state index contributed by atoms with van der Waals surface area (Å²) in [5.41, 5.74) is 0.784. The Morgan fingerprint density at radius 2 is 1.76 bits per heavy atom. The van der Waals surface area contributed by atoms with Crippen molar-refractivity contribution in [2.24, 2.45) is 0 Å². The van der Waals surface area contributed by atoms with Crippen molar-refractivity contribution in [2.45, 2.75) is 13.0 Å². The number of hydrogen-bond acceptors (Lipinski definition) is 4. The van der Waals surface area contributed by atoms with Crippen molar-refractivity contribution in [3.63, 3.8) is 0 Å². The van der Waals surface area contributed by atoms with Crippen LogP contribution in [0.3, 0.4) is 0 Å². The molecule has 0 bridgehead atoms. The minimum absolute atomic E-state index is 0.0239. The van der Waals surface area contributed by atoms with Gasteiger partial charge < -0.3 is 24.8 Å². The summed E-state index contributed by atoms with van der Waals surface area (Å²) in [6, 6.07) is 12.8. The van der Waals surface area contributed by atoms with Gasteiger partial charge in [0.2, 0.25) is 0 Å². The van der Waals surface area contributed by atoms with Crippen molar-refractivity contribution in [1.29, 1.82) is 0 Å². The maximum atomic E-state index is 6.10. The highest BCUT2D eigenvalue weighted by atomic mass is 35.5. The lowest BCUT2D eigenvalue weighted by Gasteiger charge is -2.18. The highest BCUT2D eigenvalue weighted by molar-refractivity contribution is 7.80. The average molecular weight is 381 g/mol. The predicted molar refractivity (Wildman–Crippen MR) is 105 cm³/mol. The predicted octanol–water partition coefficient (Wildman–Crippen LogP) is 4.11. The van der Waals surface area contributed by atoms with Crippen LogP contribution < -0.4 is 24.8 Å². The molecule has 0 saturated carbocycles. The Bertz CT molecular complexity index is 710. The first-order valence-electron chi connectivity index (χ1n) is 7.69. The molecule has 134 valence electrons. The summed E-state index contributed by atoms with van der Waals surface area (Å²) in [4.78, 5) is 0. The largest absolute Gasteiger partial charge is 0.497 e. The number of rotatable bonds is 7. The van der Waals surface area contributed by atoms with Crippen LogP contribution in [0, 0.1) is 0 Å². The summed E-state index contributed by atoms with van der Waals surface area (Å²) in [5, 5.41) is 7.26. The Balaban J connectivity index is 1.80. The molecule has 0 aliphatic rings. The molecule has 25 heavy (non-hydrogen) atoms. The molecule has 0 amide bonds. The summed E-state index contributed by atoms with van der Waals surface area (Å²) in [5.74, 6) is 2.18. The number of hydrogen-bond donors (Lipinski definition) is 2. The van der Waals surface area contributed by atoms with Crippen LogP contribution in [0.4, 0.5) is 5.69 Å². The second-order valence-corrected chi connectivity index (χ2v) is 6.15. The number of benzene rings is 2. The van der Waals surface area contributed by atoms with Gasteiger partial charge in [-0.25, -0.2) is 0 Å². The van der Waals surface area contributed by atoms with Gasteiger partial charge in [0.15, 0.2) is 5.11 Å². The van der Waals surface area contributed by atoms with Crippen molar-refractivity contribution >= 4 is 34.6 Å². The van der Waals surface area contributed by atoms with Crippen LogP contribution in [0.25, 0.3) is 0 Å². The van der Waals surface area contributed by atoms with Gasteiger partial charge >= 0.3 is 0 Å². The van der Waals surface area contributed by atoms with Gasteiger partial charge in [-0.05, 0) is 61.6 Å². The molecule has 2 N–H and O–H groups in total. The average Bonchev–Trinajstić information content (AvgIpc) is 2.60. The standard InChI is InChI=1S/C18H21ClN2O3S/c1-12(11-24-15-7-5-14(22-2)6-8-15)20-18(25)21-13-4-9-17(23-3)16(19)10-13/h4-10,12H,11H2,1-3H3,(H2,20,21,25)/t12-/m0/s1. The van der Waals surface area contributed by atoms with Crippen LogP contribution in [-0.4, -0.2) is 32.0 Å². The summed E-state index contributed by atoms with van der Waals surface area (Å²) >= 11 is 11.4. The fourth-order valence-electron chi connectivity index (χ4n) is 2.07. The molecule has 2 aromatic rings. The number of methoxy groups -OCH3 is 2. The number of anilines is 1. The number of halogens is 1. The van der Waals surface area contributed by atoms with Gasteiger partial charge in [-0.2, -0.15) is 0 Å². The number of ether oxygens (including phenoxy) is 3. The molecule has 0 heterocycles. The first kappa shape index (κ1) is 19.1. The van der Waals surface area contributed by atoms with Crippen LogP contribution in [0.1, 0.15) is 6.92 Å². The molecule has 0 saturated heterocycles. The molecule has 7 heteroatoms. The Labute approximate surface area is 158 Å². The Kier molecular flexibility index (Phi) is 7.16. The zero-order valence-corrected chi connectivity index (χ0v) is 15.9. The molecular weight excluding hydrogens is 360 g/mol. The first-order chi connectivity index (χ1) is 12.0. The third kappa shape index (κ3) is 5.99. The van der Waals surface area contributed by atoms with E-state index < -0.39 is 0 Å². The van der Waals surface area contributed by atoms with Crippen LogP contribution in [-0.2, 0) is 0 Å². The second kappa shape index (κ2) is 9.34. The van der Waals surface area contributed by atoms with Crippen LogP contribution in [0.15, 0.2) is 42.5 Å². The van der Waals surface area contributed by atoms with Gasteiger partial charge in [-0.15, -0.1) is 0 Å². The minimum Gasteiger partial charge on any atom is -0.497 e. The van der Waals surface area contributed by atoms with Gasteiger partial charge in [0.05, 0.1) is 25.3 Å². The van der Waals surface area contributed by atoms with E-state index in [1.807, 2.05) is 37.3 Å². The van der Waals surface area contributed by atoms with Gasteiger partial charge in [0.25, 0.3) is 0 Å². The maximum Gasteiger partial charge on any atom is 0.171 e.